The number of nitrogens with zero attached hydrogens (tertiary/aromatic N) is 1. The molecule has 38 heavy (non-hydrogen) atoms. The second kappa shape index (κ2) is 11.7. The molecule has 0 spiro atoms. The molecule has 0 amide bonds. The van der Waals surface area contributed by atoms with Gasteiger partial charge in [-0.1, -0.05) is 12.1 Å². The molecule has 9 heteroatoms. The van der Waals surface area contributed by atoms with Gasteiger partial charge in [-0.05, 0) is 54.7 Å². The van der Waals surface area contributed by atoms with Crippen molar-refractivity contribution in [3.8, 4) is 23.0 Å². The third kappa shape index (κ3) is 5.24. The highest BCUT2D eigenvalue weighted by Gasteiger charge is 2.45. The SMILES string of the molecule is COCCOC(=O)C1C(C)=NC2=C(C(=O)C[C@@H](c3ccc(OC)c(OC)c3)C2)[C@@H]1c1ccc(OC)c(O)c1. The van der Waals surface area contributed by atoms with Crippen LogP contribution in [0.3, 0.4) is 0 Å². The van der Waals surface area contributed by atoms with Gasteiger partial charge in [0.15, 0.2) is 28.8 Å². The van der Waals surface area contributed by atoms with Crippen molar-refractivity contribution in [2.45, 2.75) is 31.6 Å². The minimum absolute atomic E-state index is 0.0784. The summed E-state index contributed by atoms with van der Waals surface area (Å²) in [6.45, 7) is 2.11. The third-order valence-corrected chi connectivity index (χ3v) is 7.12. The molecule has 1 aliphatic heterocycles. The van der Waals surface area contributed by atoms with E-state index in [1.54, 1.807) is 33.3 Å². The number of methoxy groups -OCH3 is 4. The van der Waals surface area contributed by atoms with Crippen molar-refractivity contribution in [1.82, 2.24) is 0 Å². The Kier molecular flexibility index (Phi) is 8.36. The van der Waals surface area contributed by atoms with Gasteiger partial charge in [-0.15, -0.1) is 0 Å². The number of esters is 1. The predicted molar refractivity (Wildman–Crippen MR) is 140 cm³/mol. The van der Waals surface area contributed by atoms with Gasteiger partial charge >= 0.3 is 5.97 Å². The molecule has 9 nitrogen and oxygen atoms in total. The molecule has 2 aliphatic rings. The van der Waals surface area contributed by atoms with E-state index < -0.39 is 17.8 Å². The molecule has 202 valence electrons. The predicted octanol–water partition coefficient (Wildman–Crippen LogP) is 4.18. The van der Waals surface area contributed by atoms with E-state index in [2.05, 4.69) is 0 Å². The molecule has 2 aromatic carbocycles. The maximum Gasteiger partial charge on any atom is 0.315 e. The summed E-state index contributed by atoms with van der Waals surface area (Å²) in [4.78, 5) is 31.8. The molecule has 0 saturated carbocycles. The van der Waals surface area contributed by atoms with Crippen LogP contribution in [0.4, 0.5) is 0 Å². The molecular weight excluding hydrogens is 490 g/mol. The van der Waals surface area contributed by atoms with Crippen LogP contribution in [0.5, 0.6) is 23.0 Å². The zero-order chi connectivity index (χ0) is 27.4. The second-order valence-corrected chi connectivity index (χ2v) is 9.30. The van der Waals surface area contributed by atoms with Crippen LogP contribution in [0, 0.1) is 5.92 Å². The highest BCUT2D eigenvalue weighted by molar-refractivity contribution is 6.09. The van der Waals surface area contributed by atoms with Crippen LogP contribution in [0.25, 0.3) is 0 Å². The van der Waals surface area contributed by atoms with Gasteiger partial charge in [0.25, 0.3) is 0 Å². The Balaban J connectivity index is 1.76. The van der Waals surface area contributed by atoms with Crippen molar-refractivity contribution in [3.63, 3.8) is 0 Å². The Bertz CT molecular complexity index is 1280. The van der Waals surface area contributed by atoms with Crippen LogP contribution in [0.1, 0.15) is 42.7 Å². The highest BCUT2D eigenvalue weighted by atomic mass is 16.6. The Morgan fingerprint density at radius 2 is 1.61 bits per heavy atom. The van der Waals surface area contributed by atoms with Gasteiger partial charge in [0.2, 0.25) is 0 Å². The molecule has 3 atom stereocenters. The second-order valence-electron chi connectivity index (χ2n) is 9.30. The lowest BCUT2D eigenvalue weighted by Crippen LogP contribution is -2.38. The number of rotatable bonds is 9. The molecule has 4 rings (SSSR count). The van der Waals surface area contributed by atoms with Gasteiger partial charge < -0.3 is 28.8 Å². The molecule has 0 radical (unpaired) electrons. The standard InChI is InChI=1S/C29H33NO8/c1-16-26(29(33)38-11-10-34-2)27(18-7-8-23(35-3)21(31)13-18)28-20(30-16)12-19(14-22(28)32)17-6-9-24(36-4)25(15-17)37-5/h6-9,13,15,19,26-27,31H,10-12,14H2,1-5H3/t19-,26?,27+/m0/s1. The van der Waals surface area contributed by atoms with Gasteiger partial charge in [-0.25, -0.2) is 0 Å². The monoisotopic (exact) mass is 523 g/mol. The summed E-state index contributed by atoms with van der Waals surface area (Å²) in [6.07, 6.45) is 0.755. The van der Waals surface area contributed by atoms with Crippen molar-refractivity contribution >= 4 is 17.5 Å². The maximum absolute atomic E-state index is 13.8. The summed E-state index contributed by atoms with van der Waals surface area (Å²) >= 11 is 0. The van der Waals surface area contributed by atoms with E-state index in [-0.39, 0.29) is 37.1 Å². The zero-order valence-corrected chi connectivity index (χ0v) is 22.3. The first-order chi connectivity index (χ1) is 18.3. The number of ether oxygens (including phenoxy) is 5. The van der Waals surface area contributed by atoms with Gasteiger partial charge in [0, 0.05) is 36.4 Å². The lowest BCUT2D eigenvalue weighted by molar-refractivity contribution is -0.147. The van der Waals surface area contributed by atoms with Crippen molar-refractivity contribution in [1.29, 1.82) is 0 Å². The first-order valence-electron chi connectivity index (χ1n) is 12.4. The van der Waals surface area contributed by atoms with E-state index in [9.17, 15) is 14.7 Å². The summed E-state index contributed by atoms with van der Waals surface area (Å²) in [5, 5.41) is 10.5. The Morgan fingerprint density at radius 3 is 2.26 bits per heavy atom. The number of hydrogen-bond acceptors (Lipinski definition) is 9. The number of allylic oxidation sites excluding steroid dienone is 2. The summed E-state index contributed by atoms with van der Waals surface area (Å²) in [5.41, 5.74) is 3.21. The van der Waals surface area contributed by atoms with Gasteiger partial charge in [0.1, 0.15) is 12.5 Å². The number of benzene rings is 2. The van der Waals surface area contributed by atoms with Gasteiger partial charge in [-0.3, -0.25) is 14.6 Å². The minimum Gasteiger partial charge on any atom is -0.504 e. The fourth-order valence-corrected chi connectivity index (χ4v) is 5.28. The normalized spacial score (nSPS) is 20.9. The number of phenolic OH excluding ortho intramolecular Hbond substituents is 1. The average molecular weight is 524 g/mol. The third-order valence-electron chi connectivity index (χ3n) is 7.12. The molecule has 1 heterocycles. The van der Waals surface area contributed by atoms with Crippen LogP contribution in [0.2, 0.25) is 0 Å². The summed E-state index contributed by atoms with van der Waals surface area (Å²) < 4.78 is 26.5. The number of aliphatic imine (C=N–C) groups is 1. The van der Waals surface area contributed by atoms with E-state index in [1.807, 2.05) is 18.2 Å². The topological polar surface area (TPSA) is 113 Å². The Morgan fingerprint density at radius 1 is 0.921 bits per heavy atom. The van der Waals surface area contributed by atoms with E-state index in [0.29, 0.717) is 46.2 Å². The van der Waals surface area contributed by atoms with E-state index in [1.165, 1.54) is 20.3 Å². The fourth-order valence-electron chi connectivity index (χ4n) is 5.28. The molecular formula is C29H33NO8. The van der Waals surface area contributed by atoms with Crippen LogP contribution >= 0.6 is 0 Å². The van der Waals surface area contributed by atoms with E-state index >= 15 is 0 Å². The number of hydrogen-bond donors (Lipinski definition) is 1. The van der Waals surface area contributed by atoms with Crippen molar-refractivity contribution in [3.05, 3.63) is 58.8 Å². The van der Waals surface area contributed by atoms with Crippen molar-refractivity contribution in [2.24, 2.45) is 10.9 Å². The molecule has 0 bridgehead atoms. The maximum atomic E-state index is 13.8. The average Bonchev–Trinajstić information content (AvgIpc) is 2.91. The Labute approximate surface area is 222 Å². The van der Waals surface area contributed by atoms with Crippen LogP contribution < -0.4 is 14.2 Å². The van der Waals surface area contributed by atoms with Crippen LogP contribution in [-0.4, -0.2) is 64.2 Å². The number of phenols is 1. The molecule has 0 aromatic heterocycles. The van der Waals surface area contributed by atoms with Crippen LogP contribution in [0.15, 0.2) is 52.7 Å². The van der Waals surface area contributed by atoms with E-state index in [4.69, 9.17) is 28.7 Å². The summed E-state index contributed by atoms with van der Waals surface area (Å²) in [5.74, 6) is -0.773. The number of carbonyl (C=O) groups is 2. The highest BCUT2D eigenvalue weighted by Crippen LogP contribution is 2.48. The molecule has 0 fully saturated rings. The summed E-state index contributed by atoms with van der Waals surface area (Å²) in [7, 11) is 6.13. The number of Topliss-reactive ketones (excluding diaryl/α,β-unsaturated/α-hetero) is 1. The van der Waals surface area contributed by atoms with Crippen LogP contribution in [-0.2, 0) is 19.1 Å². The smallest absolute Gasteiger partial charge is 0.315 e. The first kappa shape index (κ1) is 27.2. The lowest BCUT2D eigenvalue weighted by Gasteiger charge is -2.36. The zero-order valence-electron chi connectivity index (χ0n) is 22.3. The molecule has 1 unspecified atom stereocenters. The first-order valence-corrected chi connectivity index (χ1v) is 12.4. The quantitative estimate of drug-likeness (QED) is 0.385. The van der Waals surface area contributed by atoms with E-state index in [0.717, 1.165) is 5.56 Å². The Hall–Kier alpha value is -3.85. The molecule has 2 aromatic rings. The summed E-state index contributed by atoms with van der Waals surface area (Å²) in [6, 6.07) is 10.6. The molecule has 1 aliphatic carbocycles. The van der Waals surface area contributed by atoms with Crippen molar-refractivity contribution in [2.75, 3.05) is 41.7 Å². The lowest BCUT2D eigenvalue weighted by atomic mass is 9.69. The van der Waals surface area contributed by atoms with Gasteiger partial charge in [-0.2, -0.15) is 0 Å². The fraction of sp³-hybridized carbons (Fsp3) is 0.414. The molecule has 1 N–H and O–H groups in total. The minimum atomic E-state index is -0.819. The van der Waals surface area contributed by atoms with Crippen molar-refractivity contribution < 1.29 is 38.4 Å². The number of aromatic hydroxyl groups is 1. The molecule has 0 saturated heterocycles. The number of carbonyl (C=O) groups excluding carboxylic acids is 2. The largest absolute Gasteiger partial charge is 0.504 e. The van der Waals surface area contributed by atoms with Gasteiger partial charge in [0.05, 0.1) is 27.9 Å². The number of ketones is 1.